The minimum Gasteiger partial charge on any atom is -0.351 e. The van der Waals surface area contributed by atoms with E-state index < -0.39 is 17.8 Å². The van der Waals surface area contributed by atoms with Crippen LogP contribution in [0.3, 0.4) is 0 Å². The maximum atomic E-state index is 14.0. The monoisotopic (exact) mass is 524 g/mol. The molecule has 1 heterocycles. The standard InChI is InChI=1S/C29H34ClFN4O2/c1-28(2,3)21-10-8-9-20(16-21)24-33-25(35-27(37)34-24)22-15-19(11-12-23(22)30)17-32-26(36)29(18-31)13-6-4-5-7-14-29/h8-12,15-16H,4-7,13-14,17-18H2,1-3H3,(H,32,36)(H,33,34,35,37). The molecule has 0 radical (unpaired) electrons. The maximum absolute atomic E-state index is 14.0. The highest BCUT2D eigenvalue weighted by Gasteiger charge is 2.38. The first-order chi connectivity index (χ1) is 17.6. The average Bonchev–Trinajstić information content (AvgIpc) is 3.14. The average molecular weight is 525 g/mol. The summed E-state index contributed by atoms with van der Waals surface area (Å²) < 4.78 is 14.0. The molecule has 0 bridgehead atoms. The fourth-order valence-electron chi connectivity index (χ4n) is 4.83. The smallest absolute Gasteiger partial charge is 0.348 e. The van der Waals surface area contributed by atoms with Crippen molar-refractivity contribution in [2.45, 2.75) is 71.3 Å². The van der Waals surface area contributed by atoms with Gasteiger partial charge >= 0.3 is 5.69 Å². The van der Waals surface area contributed by atoms with E-state index in [0.717, 1.165) is 42.4 Å². The van der Waals surface area contributed by atoms with Crippen LogP contribution < -0.4 is 11.0 Å². The normalized spacial score (nSPS) is 15.7. The molecule has 0 saturated heterocycles. The molecule has 2 N–H and O–H groups in total. The van der Waals surface area contributed by atoms with Gasteiger partial charge in [-0.15, -0.1) is 0 Å². The van der Waals surface area contributed by atoms with Crippen molar-refractivity contribution in [3.8, 4) is 22.8 Å². The molecule has 0 spiro atoms. The topological polar surface area (TPSA) is 87.7 Å². The van der Waals surface area contributed by atoms with E-state index in [1.54, 1.807) is 18.2 Å². The summed E-state index contributed by atoms with van der Waals surface area (Å²) in [5.41, 5.74) is 1.58. The Bertz CT molecular complexity index is 1320. The molecular weight excluding hydrogens is 491 g/mol. The van der Waals surface area contributed by atoms with Crippen molar-refractivity contribution in [1.82, 2.24) is 20.3 Å². The van der Waals surface area contributed by atoms with Crippen molar-refractivity contribution < 1.29 is 9.18 Å². The van der Waals surface area contributed by atoms with E-state index in [1.165, 1.54) is 0 Å². The molecule has 4 rings (SSSR count). The Morgan fingerprint density at radius 3 is 2.49 bits per heavy atom. The molecule has 1 amide bonds. The molecule has 1 aromatic heterocycles. The van der Waals surface area contributed by atoms with E-state index in [4.69, 9.17) is 11.6 Å². The van der Waals surface area contributed by atoms with Gasteiger partial charge in [0, 0.05) is 17.7 Å². The predicted molar refractivity (Wildman–Crippen MR) is 145 cm³/mol. The van der Waals surface area contributed by atoms with Crippen LogP contribution in [0.1, 0.15) is 70.4 Å². The molecule has 0 atom stereocenters. The van der Waals surface area contributed by atoms with Crippen molar-refractivity contribution >= 4 is 17.5 Å². The number of rotatable bonds is 6. The number of halogens is 2. The predicted octanol–water partition coefficient (Wildman–Crippen LogP) is 6.38. The summed E-state index contributed by atoms with van der Waals surface area (Å²) in [6.07, 6.45) is 4.95. The summed E-state index contributed by atoms with van der Waals surface area (Å²) in [7, 11) is 0. The van der Waals surface area contributed by atoms with Crippen LogP contribution in [0.15, 0.2) is 47.3 Å². The third-order valence-electron chi connectivity index (χ3n) is 7.17. The quantitative estimate of drug-likeness (QED) is 0.366. The van der Waals surface area contributed by atoms with Crippen LogP contribution in [0, 0.1) is 5.41 Å². The largest absolute Gasteiger partial charge is 0.351 e. The highest BCUT2D eigenvalue weighted by molar-refractivity contribution is 6.33. The van der Waals surface area contributed by atoms with Crippen molar-refractivity contribution in [2.75, 3.05) is 6.67 Å². The number of carbonyl (C=O) groups excluding carboxylic acids is 1. The highest BCUT2D eigenvalue weighted by Crippen LogP contribution is 2.36. The lowest BCUT2D eigenvalue weighted by molar-refractivity contribution is -0.133. The van der Waals surface area contributed by atoms with Crippen LogP contribution in [0.2, 0.25) is 5.02 Å². The SMILES string of the molecule is CC(C)(C)c1cccc(-c2nc(-c3cc(CNC(=O)C4(CF)CCCCCC4)ccc3Cl)[nH]c(=O)n2)c1. The van der Waals surface area contributed by atoms with Gasteiger partial charge in [0.25, 0.3) is 0 Å². The summed E-state index contributed by atoms with van der Waals surface area (Å²) in [6, 6.07) is 13.1. The summed E-state index contributed by atoms with van der Waals surface area (Å²) in [5.74, 6) is 0.348. The third-order valence-corrected chi connectivity index (χ3v) is 7.50. The van der Waals surface area contributed by atoms with Crippen LogP contribution in [-0.4, -0.2) is 27.5 Å². The number of amides is 1. The molecule has 1 saturated carbocycles. The second-order valence-corrected chi connectivity index (χ2v) is 11.4. The molecule has 37 heavy (non-hydrogen) atoms. The van der Waals surface area contributed by atoms with Gasteiger partial charge in [-0.3, -0.25) is 9.78 Å². The van der Waals surface area contributed by atoms with Gasteiger partial charge in [0.15, 0.2) is 5.82 Å². The van der Waals surface area contributed by atoms with Crippen LogP contribution in [0.5, 0.6) is 0 Å². The number of H-pyrrole nitrogens is 1. The second kappa shape index (κ2) is 11.1. The van der Waals surface area contributed by atoms with Crippen molar-refractivity contribution in [1.29, 1.82) is 0 Å². The highest BCUT2D eigenvalue weighted by atomic mass is 35.5. The number of alkyl halides is 1. The van der Waals surface area contributed by atoms with Gasteiger partial charge in [-0.2, -0.15) is 4.98 Å². The molecule has 1 fully saturated rings. The number of aromatic amines is 1. The zero-order valence-corrected chi connectivity index (χ0v) is 22.4. The molecule has 2 aromatic carbocycles. The van der Waals surface area contributed by atoms with Crippen LogP contribution in [0.25, 0.3) is 22.8 Å². The molecule has 1 aliphatic rings. The van der Waals surface area contributed by atoms with E-state index in [1.807, 2.05) is 24.3 Å². The number of hydrogen-bond acceptors (Lipinski definition) is 4. The van der Waals surface area contributed by atoms with Gasteiger partial charge in [0.2, 0.25) is 5.91 Å². The van der Waals surface area contributed by atoms with Gasteiger partial charge in [-0.05, 0) is 47.6 Å². The van der Waals surface area contributed by atoms with Gasteiger partial charge in [-0.1, -0.05) is 82.3 Å². The van der Waals surface area contributed by atoms with Crippen molar-refractivity contribution in [3.05, 3.63) is 69.1 Å². The number of aromatic nitrogens is 3. The Hall–Kier alpha value is -3.06. The molecule has 3 aromatic rings. The fraction of sp³-hybridized carbons (Fsp3) is 0.448. The first kappa shape index (κ1) is 27.0. The summed E-state index contributed by atoms with van der Waals surface area (Å²) in [4.78, 5) is 36.9. The van der Waals surface area contributed by atoms with Gasteiger partial charge in [0.05, 0.1) is 10.4 Å². The van der Waals surface area contributed by atoms with Crippen LogP contribution in [-0.2, 0) is 16.8 Å². The second-order valence-electron chi connectivity index (χ2n) is 11.0. The van der Waals surface area contributed by atoms with E-state index in [0.29, 0.717) is 35.1 Å². The first-order valence-electron chi connectivity index (χ1n) is 12.8. The number of nitrogens with zero attached hydrogens (tertiary/aromatic N) is 2. The maximum Gasteiger partial charge on any atom is 0.348 e. The number of benzene rings is 2. The molecule has 0 aliphatic heterocycles. The van der Waals surface area contributed by atoms with E-state index in [-0.39, 0.29) is 17.9 Å². The summed E-state index contributed by atoms with van der Waals surface area (Å²) in [5, 5.41) is 3.33. The van der Waals surface area contributed by atoms with E-state index in [2.05, 4.69) is 41.0 Å². The first-order valence-corrected chi connectivity index (χ1v) is 13.2. The van der Waals surface area contributed by atoms with Crippen molar-refractivity contribution in [2.24, 2.45) is 5.41 Å². The van der Waals surface area contributed by atoms with Crippen LogP contribution >= 0.6 is 11.6 Å². The van der Waals surface area contributed by atoms with Gasteiger partial charge in [0.1, 0.15) is 12.5 Å². The summed E-state index contributed by atoms with van der Waals surface area (Å²) >= 11 is 6.49. The molecule has 6 nitrogen and oxygen atoms in total. The zero-order chi connectivity index (χ0) is 26.6. The Morgan fingerprint density at radius 1 is 1.08 bits per heavy atom. The number of hydrogen-bond donors (Lipinski definition) is 2. The van der Waals surface area contributed by atoms with Crippen LogP contribution in [0.4, 0.5) is 4.39 Å². The molecule has 8 heteroatoms. The number of carbonyl (C=O) groups is 1. The third kappa shape index (κ3) is 6.27. The Morgan fingerprint density at radius 2 is 1.81 bits per heavy atom. The minimum absolute atomic E-state index is 0.0698. The Balaban J connectivity index is 1.60. The summed E-state index contributed by atoms with van der Waals surface area (Å²) in [6.45, 7) is 5.93. The number of nitrogens with one attached hydrogen (secondary N) is 2. The molecule has 1 aliphatic carbocycles. The van der Waals surface area contributed by atoms with Gasteiger partial charge in [-0.25, -0.2) is 14.2 Å². The molecule has 0 unspecified atom stereocenters. The fourth-order valence-corrected chi connectivity index (χ4v) is 5.03. The Labute approximate surface area is 222 Å². The lowest BCUT2D eigenvalue weighted by Crippen LogP contribution is -2.42. The van der Waals surface area contributed by atoms with E-state index in [9.17, 15) is 14.0 Å². The minimum atomic E-state index is -0.944. The Kier molecular flexibility index (Phi) is 8.12. The lowest BCUT2D eigenvalue weighted by Gasteiger charge is -2.28. The van der Waals surface area contributed by atoms with Crippen molar-refractivity contribution in [3.63, 3.8) is 0 Å². The van der Waals surface area contributed by atoms with E-state index >= 15 is 0 Å². The van der Waals surface area contributed by atoms with Gasteiger partial charge < -0.3 is 5.32 Å². The molecular formula is C29H34ClFN4O2. The lowest BCUT2D eigenvalue weighted by atomic mass is 9.80. The molecule has 196 valence electrons. The zero-order valence-electron chi connectivity index (χ0n) is 21.7.